The van der Waals surface area contributed by atoms with E-state index in [4.69, 9.17) is 10.2 Å². The van der Waals surface area contributed by atoms with Gasteiger partial charge >= 0.3 is 0 Å². The minimum absolute atomic E-state index is 0. The molecule has 0 heterocycles. The molecule has 4 radical (unpaired) electrons. The Morgan fingerprint density at radius 3 is 0.652 bits per heavy atom. The summed E-state index contributed by atoms with van der Waals surface area (Å²) in [4.78, 5) is 9.85. The Labute approximate surface area is 380 Å². The van der Waals surface area contributed by atoms with Gasteiger partial charge in [0.15, 0.2) is 0 Å². The zero-order valence-corrected chi connectivity index (χ0v) is 47.6. The van der Waals surface area contributed by atoms with Gasteiger partial charge in [-0.15, -0.1) is 0 Å². The van der Waals surface area contributed by atoms with E-state index in [1.54, 1.807) is 0 Å². The van der Waals surface area contributed by atoms with E-state index in [1.165, 1.54) is 62.6 Å². The van der Waals surface area contributed by atoms with Gasteiger partial charge in [0, 0.05) is 123 Å². The molecule has 4 nitrogen and oxygen atoms in total. The number of rotatable bonds is 12. The number of hydrogen-bond acceptors (Lipinski definition) is 8. The topological polar surface area (TPSA) is 66.8 Å². The summed E-state index contributed by atoms with van der Waals surface area (Å²) in [6.45, 7) is 29.8. The Kier molecular flexibility index (Phi) is 170. The predicted molar refractivity (Wildman–Crippen MR) is 227 cm³/mol. The van der Waals surface area contributed by atoms with E-state index in [0.717, 1.165) is 5.75 Å². The molecule has 0 spiro atoms. The minimum Gasteiger partial charge on any atom is -0.793 e. The van der Waals surface area contributed by atoms with Gasteiger partial charge in [0.1, 0.15) is 0 Å². The third kappa shape index (κ3) is 134. The monoisotopic (exact) mass is 1540 g/mol. The van der Waals surface area contributed by atoms with Crippen LogP contribution < -0.4 is 0 Å². The van der Waals surface area contributed by atoms with Gasteiger partial charge in [-0.3, -0.25) is 4.79 Å². The van der Waals surface area contributed by atoms with Crippen LogP contribution in [0.25, 0.3) is 0 Å². The largest absolute Gasteiger partial charge is 0.793 e. The predicted octanol–water partition coefficient (Wildman–Crippen LogP) is 7.17. The first-order valence-corrected chi connectivity index (χ1v) is 27.4. The number of methoxy groups -OCH3 is 1. The van der Waals surface area contributed by atoms with Crippen molar-refractivity contribution in [1.29, 1.82) is 0 Å². The van der Waals surface area contributed by atoms with Crippen molar-refractivity contribution in [3.8, 4) is 0 Å². The number of esters is 1. The molecule has 0 rings (SSSR count). The van der Waals surface area contributed by atoms with Crippen LogP contribution in [0.2, 0.25) is 0 Å². The van der Waals surface area contributed by atoms with Crippen molar-refractivity contribution in [3.63, 3.8) is 0 Å². The summed E-state index contributed by atoms with van der Waals surface area (Å²) in [5.74, 6) is 1.46. The van der Waals surface area contributed by atoms with Crippen LogP contribution in [-0.4, -0.2) is 135 Å². The molecule has 0 saturated carbocycles. The quantitative estimate of drug-likeness (QED) is 0.0925. The Balaban J connectivity index is -0.0000000288. The Morgan fingerprint density at radius 2 is 0.652 bits per heavy atom. The summed E-state index contributed by atoms with van der Waals surface area (Å²) in [6.07, 6.45) is 13.1. The molecule has 0 aromatic heterocycles. The number of carbonyl (C=O) groups excluding carboxylic acids is 1. The van der Waals surface area contributed by atoms with E-state index < -0.39 is 0 Å². The van der Waals surface area contributed by atoms with E-state index in [1.807, 2.05) is 6.92 Å². The summed E-state index contributed by atoms with van der Waals surface area (Å²) in [7, 11) is 1.85. The van der Waals surface area contributed by atoms with Crippen LogP contribution >= 0.6 is 31.7 Å². The number of hydrogen-bond donors (Lipinski definition) is 2. The molecular formula is C30H78Au4O4P4S4. The van der Waals surface area contributed by atoms with E-state index in [0.29, 0.717) is 11.5 Å². The van der Waals surface area contributed by atoms with Gasteiger partial charge in [0.25, 0.3) is 5.97 Å². The molecule has 16 heteroatoms. The van der Waals surface area contributed by atoms with Crippen LogP contribution in [0.5, 0.6) is 0 Å². The van der Waals surface area contributed by atoms with Crippen LogP contribution in [0.15, 0.2) is 0 Å². The summed E-state index contributed by atoms with van der Waals surface area (Å²) >= 11 is 17.3. The maximum Gasteiger partial charge on any atom is 0.281 e. The van der Waals surface area contributed by atoms with Crippen molar-refractivity contribution in [2.75, 3.05) is 119 Å². The second-order valence-electron chi connectivity index (χ2n) is 8.80. The average molecular weight is 1540 g/mol. The molecule has 0 fully saturated rings. The smallest absolute Gasteiger partial charge is 0.281 e. The molecule has 0 amide bonds. The molecular weight excluding hydrogens is 1460 g/mol. The molecule has 0 aromatic rings. The molecule has 0 aromatic carbocycles. The van der Waals surface area contributed by atoms with Gasteiger partial charge in [-0.25, -0.2) is 0 Å². The summed E-state index contributed by atoms with van der Waals surface area (Å²) < 4.78 is 4.16. The normalized spacial score (nSPS) is 8.17. The van der Waals surface area contributed by atoms with E-state index in [9.17, 15) is 4.79 Å². The van der Waals surface area contributed by atoms with Gasteiger partial charge < -0.3 is 65.5 Å². The second kappa shape index (κ2) is 92.9. The van der Waals surface area contributed by atoms with Gasteiger partial charge in [-0.05, 0) is 94.0 Å². The van der Waals surface area contributed by atoms with Crippen molar-refractivity contribution in [3.05, 3.63) is 0 Å². The van der Waals surface area contributed by atoms with Gasteiger partial charge in [0.05, 0.1) is 62.6 Å². The molecule has 0 aliphatic rings. The maximum absolute atomic E-state index is 9.85. The van der Waals surface area contributed by atoms with Gasteiger partial charge in [0.2, 0.25) is 0 Å². The van der Waals surface area contributed by atoms with Crippen LogP contribution in [0.1, 0.15) is 69.2 Å². The number of ether oxygens (including phenoxy) is 1. The van der Waals surface area contributed by atoms with Crippen LogP contribution in [-0.2, 0) is 150 Å². The summed E-state index contributed by atoms with van der Waals surface area (Å²) in [6, 6.07) is 0. The molecule has 0 aliphatic heterocycles. The number of carbonyl (C=O) groups is 1. The molecule has 0 saturated heterocycles. The third-order valence-electron chi connectivity index (χ3n) is 5.03. The molecule has 0 bridgehead atoms. The van der Waals surface area contributed by atoms with E-state index in [2.05, 4.69) is 138 Å². The first-order valence-electron chi connectivity index (χ1n) is 15.7. The van der Waals surface area contributed by atoms with E-state index >= 15 is 0 Å². The Bertz CT molecular complexity index is 341. The van der Waals surface area contributed by atoms with Gasteiger partial charge in [-0.1, -0.05) is 12.7 Å². The van der Waals surface area contributed by atoms with E-state index in [-0.39, 0.29) is 146 Å². The van der Waals surface area contributed by atoms with Crippen LogP contribution in [0, 0.1) is 0 Å². The Hall–Kier alpha value is 5.47. The maximum atomic E-state index is 9.85. The van der Waals surface area contributed by atoms with Gasteiger partial charge in [-0.2, -0.15) is 17.3 Å². The molecule has 0 atom stereocenters. The zero-order valence-electron chi connectivity index (χ0n) is 31.7. The molecule has 46 heavy (non-hydrogen) atoms. The average Bonchev–Trinajstić information content (AvgIpc) is 3.00. The number of aliphatic hydroxyl groups excluding tert-OH is 2. The van der Waals surface area contributed by atoms with Crippen LogP contribution in [0.4, 0.5) is 0 Å². The van der Waals surface area contributed by atoms with Crippen molar-refractivity contribution in [2.24, 2.45) is 0 Å². The zero-order chi connectivity index (χ0) is 35.2. The molecule has 2 N–H and O–H groups in total. The van der Waals surface area contributed by atoms with Crippen molar-refractivity contribution >= 4 is 88.2 Å². The molecule has 0 aliphatic carbocycles. The van der Waals surface area contributed by atoms with Crippen molar-refractivity contribution in [2.45, 2.75) is 69.2 Å². The standard InChI is InChI=1S/3C6H15P.C3H6O2S.C3H9P.2C2H6OS.C2H6S.4Au/c3*1-4-7(5-2)6-3;1-5-3(4)2-6;1-4(2)3;2*3-1-2-4;1-2-3;;;;/h3*4-6H2,1-3H3;6H,2H2,1H3;1-3H3;2*3-4H,1-2H2;3H,2H2,1H3;;;;. The third-order valence-corrected chi connectivity index (χ3v) is 14.6. The fourth-order valence-corrected chi connectivity index (χ4v) is 6.93. The van der Waals surface area contributed by atoms with Crippen molar-refractivity contribution < 1.29 is 109 Å². The molecule has 0 unspecified atom stereocenters. The first-order chi connectivity index (χ1) is 19.8. The van der Waals surface area contributed by atoms with Crippen LogP contribution in [0.3, 0.4) is 0 Å². The van der Waals surface area contributed by atoms with Crippen molar-refractivity contribution in [1.82, 2.24) is 0 Å². The fraction of sp³-hybridized carbons (Fsp3) is 0.967. The Morgan fingerprint density at radius 1 is 0.522 bits per heavy atom. The molecule has 310 valence electrons. The minimum atomic E-state index is -0.343. The second-order valence-corrected chi connectivity index (χ2v) is 24.3. The SMILES string of the molecule is CC[PH+](CC)CC.CC[PH+](CC)CC.CC[PH+](CC)CC.CC[S-].COC(=O)C[S-].C[PH+](C)C.OCC[S-].OCC[S-].[Au].[Au].[Au].[Au]. The first kappa shape index (κ1) is 84.2. The number of aliphatic hydroxyl groups is 2. The summed E-state index contributed by atoms with van der Waals surface area (Å²) in [5, 5.41) is 15.5. The summed E-state index contributed by atoms with van der Waals surface area (Å²) in [5.41, 5.74) is 0. The fourth-order valence-electron chi connectivity index (χ4n) is 2.31.